The molecule has 1 amide bonds. The monoisotopic (exact) mass is 987 g/mol. The van der Waals surface area contributed by atoms with Gasteiger partial charge in [0.25, 0.3) is 5.91 Å². The number of benzene rings is 4. The summed E-state index contributed by atoms with van der Waals surface area (Å²) < 4.78 is 42.1. The quantitative estimate of drug-likeness (QED) is 0.0780. The summed E-state index contributed by atoms with van der Waals surface area (Å²) >= 11 is 0. The van der Waals surface area contributed by atoms with Gasteiger partial charge in [0.1, 0.15) is 36.6 Å². The minimum Gasteiger partial charge on any atom is -0.455 e. The van der Waals surface area contributed by atoms with Gasteiger partial charge in [-0.15, -0.1) is 0 Å². The summed E-state index contributed by atoms with van der Waals surface area (Å²) in [5.74, 6) is -7.10. The van der Waals surface area contributed by atoms with Gasteiger partial charge in [0.15, 0.2) is 17.5 Å². The fourth-order valence-electron chi connectivity index (χ4n) is 11.1. The lowest BCUT2D eigenvalue weighted by Crippen LogP contribution is -2.82. The van der Waals surface area contributed by atoms with Crippen LogP contribution in [0.2, 0.25) is 0 Å². The maximum atomic E-state index is 15.7. The van der Waals surface area contributed by atoms with Gasteiger partial charge in [0, 0.05) is 37.7 Å². The molecule has 72 heavy (non-hydrogen) atoms. The highest BCUT2D eigenvalue weighted by atomic mass is 16.7. The van der Waals surface area contributed by atoms with E-state index < -0.39 is 119 Å². The molecule has 4 aliphatic rings. The summed E-state index contributed by atoms with van der Waals surface area (Å²) in [4.78, 5) is 99.5. The lowest BCUT2D eigenvalue weighted by atomic mass is 9.44. The van der Waals surface area contributed by atoms with Crippen molar-refractivity contribution < 1.29 is 76.9 Å². The van der Waals surface area contributed by atoms with Crippen LogP contribution < -0.4 is 5.32 Å². The first-order valence-electron chi connectivity index (χ1n) is 23.6. The van der Waals surface area contributed by atoms with Gasteiger partial charge >= 0.3 is 30.0 Å². The fourth-order valence-corrected chi connectivity index (χ4v) is 11.1. The van der Waals surface area contributed by atoms with Gasteiger partial charge in [-0.1, -0.05) is 111 Å². The molecular formula is C55H57NO16. The van der Waals surface area contributed by atoms with E-state index in [2.05, 4.69) is 5.32 Å². The Morgan fingerprint density at radius 1 is 0.778 bits per heavy atom. The normalized spacial score (nSPS) is 28.9. The van der Waals surface area contributed by atoms with Gasteiger partial charge in [0.2, 0.25) is 6.10 Å². The van der Waals surface area contributed by atoms with Crippen molar-refractivity contribution in [1.29, 1.82) is 0 Å². The predicted molar refractivity (Wildman–Crippen MR) is 253 cm³/mol. The molecule has 0 spiro atoms. The van der Waals surface area contributed by atoms with E-state index in [0.29, 0.717) is 11.1 Å². The third-order valence-corrected chi connectivity index (χ3v) is 14.9. The number of aliphatic hydroxyl groups excluding tert-OH is 1. The van der Waals surface area contributed by atoms with Gasteiger partial charge in [-0.05, 0) is 60.4 Å². The molecule has 2 saturated carbocycles. The molecule has 17 nitrogen and oxygen atoms in total. The molecular weight excluding hydrogens is 931 g/mol. The number of hydrogen-bond acceptors (Lipinski definition) is 16. The SMILES string of the molecule is CC(=O)O[C@H]1C(=O)C2(C)[C@@H](O)C[C@H]3OC[C@@]3(OC(C)=O)[C@H]2[C@H](OC(=O)c2ccccc2)[C@]2(O)C[C@H](OC(=O)[C@H](OC(=O)OCc3ccccc3)[C@@H](NC(=O)c3ccccc3)c3ccccc3)C(C)=C1C2(C)C. The van der Waals surface area contributed by atoms with Crippen LogP contribution in [0, 0.1) is 16.7 Å². The minimum absolute atomic E-state index is 0.0421. The maximum absolute atomic E-state index is 15.7. The van der Waals surface area contributed by atoms with E-state index in [4.69, 9.17) is 33.2 Å². The van der Waals surface area contributed by atoms with Crippen LogP contribution in [0.5, 0.6) is 0 Å². The first-order valence-corrected chi connectivity index (χ1v) is 23.6. The molecule has 0 aromatic heterocycles. The molecule has 3 N–H and O–H groups in total. The van der Waals surface area contributed by atoms with Crippen molar-refractivity contribution in [2.75, 3.05) is 6.61 Å². The number of carbonyl (C=O) groups excluding carboxylic acids is 7. The topological polar surface area (TPSA) is 237 Å². The minimum atomic E-state index is -2.47. The Labute approximate surface area is 415 Å². The van der Waals surface area contributed by atoms with Crippen molar-refractivity contribution in [1.82, 2.24) is 5.32 Å². The highest BCUT2D eigenvalue weighted by Gasteiger charge is 2.78. The molecule has 3 aliphatic carbocycles. The van der Waals surface area contributed by atoms with E-state index in [0.717, 1.165) is 13.8 Å². The number of amides is 1. The van der Waals surface area contributed by atoms with Crippen LogP contribution in [-0.2, 0) is 58.9 Å². The maximum Gasteiger partial charge on any atom is 0.509 e. The molecule has 17 heteroatoms. The van der Waals surface area contributed by atoms with E-state index in [1.165, 1.54) is 26.0 Å². The van der Waals surface area contributed by atoms with Crippen molar-refractivity contribution in [2.45, 2.75) is 115 Å². The Bertz CT molecular complexity index is 2750. The number of nitrogens with one attached hydrogen (secondary N) is 1. The van der Waals surface area contributed by atoms with Gasteiger partial charge in [-0.25, -0.2) is 14.4 Å². The zero-order chi connectivity index (χ0) is 51.8. The molecule has 8 rings (SSSR count). The third kappa shape index (κ3) is 9.27. The van der Waals surface area contributed by atoms with Crippen LogP contribution in [0.15, 0.2) is 132 Å². The number of esters is 4. The molecule has 1 aliphatic heterocycles. The fraction of sp³-hybridized carbons (Fsp3) is 0.400. The largest absolute Gasteiger partial charge is 0.509 e. The number of carbonyl (C=O) groups is 7. The lowest BCUT2D eigenvalue weighted by molar-refractivity contribution is -0.346. The van der Waals surface area contributed by atoms with E-state index in [1.54, 1.807) is 123 Å². The number of fused-ring (bicyclic) bond motifs is 5. The van der Waals surface area contributed by atoms with Crippen molar-refractivity contribution in [3.63, 3.8) is 0 Å². The second kappa shape index (κ2) is 20.1. The summed E-state index contributed by atoms with van der Waals surface area (Å²) in [5, 5.41) is 29.0. The third-order valence-electron chi connectivity index (χ3n) is 14.9. The molecule has 1 unspecified atom stereocenters. The lowest BCUT2D eigenvalue weighted by Gasteiger charge is -2.67. The highest BCUT2D eigenvalue weighted by molar-refractivity contribution is 5.96. The summed E-state index contributed by atoms with van der Waals surface area (Å²) in [5.41, 5.74) is -6.92. The number of rotatable bonds is 13. The van der Waals surface area contributed by atoms with E-state index in [-0.39, 0.29) is 41.9 Å². The number of ether oxygens (including phenoxy) is 7. The number of aliphatic hydroxyl groups is 2. The number of Topliss-reactive ketones (excluding diaryl/α,β-unsaturated/α-hetero) is 1. The molecule has 378 valence electrons. The number of hydrogen-bond donors (Lipinski definition) is 3. The summed E-state index contributed by atoms with van der Waals surface area (Å²) in [6.45, 7) is 7.61. The molecule has 1 heterocycles. The van der Waals surface area contributed by atoms with Gasteiger partial charge in [-0.3, -0.25) is 19.2 Å². The van der Waals surface area contributed by atoms with Gasteiger partial charge in [-0.2, -0.15) is 0 Å². The second-order valence-corrected chi connectivity index (χ2v) is 19.5. The summed E-state index contributed by atoms with van der Waals surface area (Å²) in [7, 11) is 0. The van der Waals surface area contributed by atoms with E-state index in [9.17, 15) is 34.2 Å². The van der Waals surface area contributed by atoms with Crippen LogP contribution >= 0.6 is 0 Å². The first kappa shape index (κ1) is 51.2. The molecule has 3 fully saturated rings. The van der Waals surface area contributed by atoms with Crippen molar-refractivity contribution in [2.24, 2.45) is 16.7 Å². The Morgan fingerprint density at radius 2 is 1.36 bits per heavy atom. The van der Waals surface area contributed by atoms with Crippen LogP contribution in [0.4, 0.5) is 4.79 Å². The molecule has 1 saturated heterocycles. The first-order chi connectivity index (χ1) is 34.2. The number of ketones is 1. The van der Waals surface area contributed by atoms with Crippen molar-refractivity contribution >= 4 is 41.7 Å². The summed E-state index contributed by atoms with van der Waals surface area (Å²) in [6.07, 6.45) is -12.2. The Morgan fingerprint density at radius 3 is 1.93 bits per heavy atom. The molecule has 11 atom stereocenters. The molecule has 0 radical (unpaired) electrons. The van der Waals surface area contributed by atoms with E-state index in [1.807, 2.05) is 0 Å². The highest BCUT2D eigenvalue weighted by Crippen LogP contribution is 2.64. The molecule has 4 aromatic rings. The van der Waals surface area contributed by atoms with Crippen LogP contribution in [0.25, 0.3) is 0 Å². The van der Waals surface area contributed by atoms with Crippen LogP contribution in [0.3, 0.4) is 0 Å². The smallest absolute Gasteiger partial charge is 0.455 e. The van der Waals surface area contributed by atoms with E-state index >= 15 is 9.59 Å². The molecule has 4 aromatic carbocycles. The standard InChI is InChI=1S/C55H57NO16/c1-31-38(69-50(63)44(70-51(64)66-29-34-19-11-7-12-20-34)42(35-21-13-8-14-22-35)56-48(61)36-23-15-9-16-24-36)28-55(65)47(71-49(62)37-25-17-10-18-26-37)45-53(6,39(59)27-40-54(45,30-67-40)72-33(3)58)46(60)43(68-32(2)57)41(31)52(55,4)5/h7-26,38-40,42-45,47,59,65H,27-30H2,1-6H3,(H,56,61)/t38-,39-,40+,42-,43+,44+,45-,47-,53?,54-,55+/m0/s1. The van der Waals surface area contributed by atoms with Crippen LogP contribution in [-0.4, -0.2) is 106 Å². The average Bonchev–Trinajstić information content (AvgIpc) is 3.36. The van der Waals surface area contributed by atoms with Crippen molar-refractivity contribution in [3.8, 4) is 0 Å². The zero-order valence-corrected chi connectivity index (χ0v) is 40.6. The summed E-state index contributed by atoms with van der Waals surface area (Å²) in [6, 6.07) is 31.3. The predicted octanol–water partition coefficient (Wildman–Crippen LogP) is 6.10. The van der Waals surface area contributed by atoms with Gasteiger partial charge < -0.3 is 48.7 Å². The average molecular weight is 988 g/mol. The molecule has 2 bridgehead atoms. The van der Waals surface area contributed by atoms with Crippen LogP contribution in [0.1, 0.15) is 92.3 Å². The van der Waals surface area contributed by atoms with Crippen molar-refractivity contribution in [3.05, 3.63) is 155 Å². The Balaban J connectivity index is 1.29. The Hall–Kier alpha value is -7.21. The van der Waals surface area contributed by atoms with Gasteiger partial charge in [0.05, 0.1) is 29.6 Å². The Kier molecular flexibility index (Phi) is 14.3. The second-order valence-electron chi connectivity index (χ2n) is 19.5. The zero-order valence-electron chi connectivity index (χ0n) is 40.6.